The number of benzene rings is 2. The van der Waals surface area contributed by atoms with E-state index in [-0.39, 0.29) is 24.3 Å². The number of amides is 2. The standard InChI is InChI=1S/C24H26N4O4/c1-31-19-6-3-5-18(14-19)26-22(29)15-32-20-7-2-4-16-8-9-21(27-23(16)20)28-12-10-17(11-13-28)24(25)30/h2-9,14,17H,10-13,15H2,1H3,(H2,25,30)(H,26,29). The number of hydrogen-bond donors (Lipinski definition) is 2. The Hall–Kier alpha value is -3.81. The van der Waals surface area contributed by atoms with E-state index in [0.717, 1.165) is 37.1 Å². The van der Waals surface area contributed by atoms with Crippen LogP contribution >= 0.6 is 0 Å². The van der Waals surface area contributed by atoms with E-state index in [4.69, 9.17) is 20.2 Å². The van der Waals surface area contributed by atoms with E-state index in [1.807, 2.05) is 30.3 Å². The molecule has 1 fully saturated rings. The second-order valence-electron chi connectivity index (χ2n) is 7.73. The van der Waals surface area contributed by atoms with Crippen LogP contribution < -0.4 is 25.4 Å². The van der Waals surface area contributed by atoms with Gasteiger partial charge in [-0.05, 0) is 43.2 Å². The second-order valence-corrected chi connectivity index (χ2v) is 7.73. The minimum Gasteiger partial charge on any atom is -0.497 e. The zero-order valence-corrected chi connectivity index (χ0v) is 17.9. The molecule has 1 aromatic heterocycles. The van der Waals surface area contributed by atoms with Crippen molar-refractivity contribution in [2.75, 3.05) is 37.0 Å². The number of nitrogens with one attached hydrogen (secondary N) is 1. The van der Waals surface area contributed by atoms with Crippen LogP contribution in [0.15, 0.2) is 54.6 Å². The zero-order chi connectivity index (χ0) is 22.5. The van der Waals surface area contributed by atoms with Crippen LogP contribution in [0.25, 0.3) is 10.9 Å². The number of anilines is 2. The Labute approximate surface area is 186 Å². The molecule has 3 aromatic rings. The first kappa shape index (κ1) is 21.4. The number of aromatic nitrogens is 1. The molecule has 0 radical (unpaired) electrons. The summed E-state index contributed by atoms with van der Waals surface area (Å²) in [6.07, 6.45) is 1.44. The predicted octanol–water partition coefficient (Wildman–Crippen LogP) is 2.96. The molecule has 1 aliphatic heterocycles. The van der Waals surface area contributed by atoms with Crippen molar-refractivity contribution < 1.29 is 19.1 Å². The summed E-state index contributed by atoms with van der Waals surface area (Å²) >= 11 is 0. The van der Waals surface area contributed by atoms with Gasteiger partial charge in [0, 0.05) is 36.1 Å². The number of ether oxygens (including phenoxy) is 2. The third-order valence-corrected chi connectivity index (χ3v) is 5.60. The van der Waals surface area contributed by atoms with Gasteiger partial charge in [-0.25, -0.2) is 4.98 Å². The van der Waals surface area contributed by atoms with Gasteiger partial charge >= 0.3 is 0 Å². The van der Waals surface area contributed by atoms with Gasteiger partial charge in [-0.3, -0.25) is 9.59 Å². The highest BCUT2D eigenvalue weighted by molar-refractivity contribution is 5.92. The summed E-state index contributed by atoms with van der Waals surface area (Å²) in [5, 5.41) is 3.72. The first-order chi connectivity index (χ1) is 15.5. The van der Waals surface area contributed by atoms with Gasteiger partial charge in [-0.2, -0.15) is 0 Å². The van der Waals surface area contributed by atoms with Crippen LogP contribution in [0.4, 0.5) is 11.5 Å². The predicted molar refractivity (Wildman–Crippen MR) is 123 cm³/mol. The zero-order valence-electron chi connectivity index (χ0n) is 17.9. The number of primary amides is 1. The fraction of sp³-hybridized carbons (Fsp3) is 0.292. The average Bonchev–Trinajstić information content (AvgIpc) is 2.82. The Bertz CT molecular complexity index is 1130. The number of piperidine rings is 1. The van der Waals surface area contributed by atoms with Gasteiger partial charge in [0.1, 0.15) is 22.8 Å². The molecule has 0 spiro atoms. The van der Waals surface area contributed by atoms with Gasteiger partial charge in [-0.1, -0.05) is 18.2 Å². The van der Waals surface area contributed by atoms with Crippen molar-refractivity contribution >= 4 is 34.2 Å². The molecule has 0 bridgehead atoms. The van der Waals surface area contributed by atoms with E-state index in [2.05, 4.69) is 10.2 Å². The van der Waals surface area contributed by atoms with Crippen molar-refractivity contribution in [2.45, 2.75) is 12.8 Å². The highest BCUT2D eigenvalue weighted by atomic mass is 16.5. The average molecular weight is 434 g/mol. The number of para-hydroxylation sites is 1. The fourth-order valence-corrected chi connectivity index (χ4v) is 3.84. The maximum atomic E-state index is 12.4. The maximum Gasteiger partial charge on any atom is 0.262 e. The highest BCUT2D eigenvalue weighted by Gasteiger charge is 2.24. The molecule has 2 aromatic carbocycles. The summed E-state index contributed by atoms with van der Waals surface area (Å²) in [5.41, 5.74) is 6.76. The Morgan fingerprint density at radius 2 is 1.91 bits per heavy atom. The Kier molecular flexibility index (Phi) is 6.39. The second kappa shape index (κ2) is 9.55. The first-order valence-electron chi connectivity index (χ1n) is 10.5. The SMILES string of the molecule is COc1cccc(NC(=O)COc2cccc3ccc(N4CCC(C(N)=O)CC4)nc23)c1. The van der Waals surface area contributed by atoms with Crippen LogP contribution in [0, 0.1) is 5.92 Å². The lowest BCUT2D eigenvalue weighted by Gasteiger charge is -2.31. The number of fused-ring (bicyclic) bond motifs is 1. The van der Waals surface area contributed by atoms with Crippen molar-refractivity contribution in [2.24, 2.45) is 11.7 Å². The monoisotopic (exact) mass is 434 g/mol. The van der Waals surface area contributed by atoms with Crippen LogP contribution in [0.1, 0.15) is 12.8 Å². The highest BCUT2D eigenvalue weighted by Crippen LogP contribution is 2.28. The molecule has 1 aliphatic rings. The number of nitrogens with zero attached hydrogens (tertiary/aromatic N) is 2. The first-order valence-corrected chi connectivity index (χ1v) is 10.5. The lowest BCUT2D eigenvalue weighted by molar-refractivity contribution is -0.122. The van der Waals surface area contributed by atoms with Crippen LogP contribution in [-0.2, 0) is 9.59 Å². The Balaban J connectivity index is 1.45. The third kappa shape index (κ3) is 4.91. The summed E-state index contributed by atoms with van der Waals surface area (Å²) in [7, 11) is 1.58. The smallest absolute Gasteiger partial charge is 0.262 e. The largest absolute Gasteiger partial charge is 0.497 e. The molecule has 0 aliphatic carbocycles. The number of methoxy groups -OCH3 is 1. The number of carbonyl (C=O) groups is 2. The van der Waals surface area contributed by atoms with Crippen molar-refractivity contribution in [3.8, 4) is 11.5 Å². The molecule has 2 amide bonds. The van der Waals surface area contributed by atoms with E-state index in [1.165, 1.54) is 0 Å². The fourth-order valence-electron chi connectivity index (χ4n) is 3.84. The quantitative estimate of drug-likeness (QED) is 0.592. The van der Waals surface area contributed by atoms with Crippen molar-refractivity contribution in [1.82, 2.24) is 4.98 Å². The summed E-state index contributed by atoms with van der Waals surface area (Å²) < 4.78 is 11.0. The van der Waals surface area contributed by atoms with Crippen LogP contribution in [0.3, 0.4) is 0 Å². The molecule has 8 heteroatoms. The number of hydrogen-bond acceptors (Lipinski definition) is 6. The van der Waals surface area contributed by atoms with Gasteiger partial charge in [0.15, 0.2) is 6.61 Å². The van der Waals surface area contributed by atoms with E-state index < -0.39 is 0 Å². The maximum absolute atomic E-state index is 12.4. The van der Waals surface area contributed by atoms with Crippen molar-refractivity contribution in [1.29, 1.82) is 0 Å². The topological polar surface area (TPSA) is 107 Å². The van der Waals surface area contributed by atoms with Crippen LogP contribution in [0.5, 0.6) is 11.5 Å². The lowest BCUT2D eigenvalue weighted by atomic mass is 9.96. The van der Waals surface area contributed by atoms with E-state index in [1.54, 1.807) is 31.4 Å². The molecule has 4 rings (SSSR count). The van der Waals surface area contributed by atoms with Gasteiger partial charge in [0.2, 0.25) is 5.91 Å². The summed E-state index contributed by atoms with van der Waals surface area (Å²) in [6, 6.07) is 16.7. The van der Waals surface area contributed by atoms with E-state index in [9.17, 15) is 9.59 Å². The van der Waals surface area contributed by atoms with Gasteiger partial charge < -0.3 is 25.4 Å². The van der Waals surface area contributed by atoms with E-state index in [0.29, 0.717) is 22.7 Å². The van der Waals surface area contributed by atoms with Crippen molar-refractivity contribution in [3.05, 3.63) is 54.6 Å². The molecular weight excluding hydrogens is 408 g/mol. The normalized spacial score (nSPS) is 14.2. The van der Waals surface area contributed by atoms with Crippen LogP contribution in [0.2, 0.25) is 0 Å². The Morgan fingerprint density at radius 3 is 2.66 bits per heavy atom. The molecule has 32 heavy (non-hydrogen) atoms. The van der Waals surface area contributed by atoms with Crippen LogP contribution in [-0.4, -0.2) is 43.6 Å². The lowest BCUT2D eigenvalue weighted by Crippen LogP contribution is -2.38. The summed E-state index contributed by atoms with van der Waals surface area (Å²) in [6.45, 7) is 1.29. The van der Waals surface area contributed by atoms with Crippen molar-refractivity contribution in [3.63, 3.8) is 0 Å². The number of pyridine rings is 1. The summed E-state index contributed by atoms with van der Waals surface area (Å²) in [4.78, 5) is 30.7. The molecule has 166 valence electrons. The molecule has 0 saturated carbocycles. The molecule has 1 saturated heterocycles. The van der Waals surface area contributed by atoms with Gasteiger partial charge in [-0.15, -0.1) is 0 Å². The molecular formula is C24H26N4O4. The number of nitrogens with two attached hydrogens (primary N) is 1. The summed E-state index contributed by atoms with van der Waals surface area (Å²) in [5.74, 6) is 1.43. The minimum atomic E-state index is -0.278. The molecule has 3 N–H and O–H groups in total. The number of rotatable bonds is 7. The molecule has 8 nitrogen and oxygen atoms in total. The van der Waals surface area contributed by atoms with E-state index >= 15 is 0 Å². The molecule has 0 atom stereocenters. The van der Waals surface area contributed by atoms with Gasteiger partial charge in [0.05, 0.1) is 7.11 Å². The third-order valence-electron chi connectivity index (χ3n) is 5.60. The minimum absolute atomic E-state index is 0.0753. The Morgan fingerprint density at radius 1 is 1.12 bits per heavy atom. The molecule has 2 heterocycles. The van der Waals surface area contributed by atoms with Gasteiger partial charge in [0.25, 0.3) is 5.91 Å². The molecule has 0 unspecified atom stereocenters. The number of carbonyl (C=O) groups excluding carboxylic acids is 2.